The van der Waals surface area contributed by atoms with Crippen molar-refractivity contribution < 1.29 is 9.53 Å². The van der Waals surface area contributed by atoms with Gasteiger partial charge in [-0.3, -0.25) is 9.69 Å². The number of aryl methyl sites for hydroxylation is 1. The number of aromatic nitrogens is 2. The van der Waals surface area contributed by atoms with E-state index >= 15 is 0 Å². The first-order chi connectivity index (χ1) is 11.2. The molecule has 0 unspecified atom stereocenters. The second-order valence-electron chi connectivity index (χ2n) is 6.53. The minimum Gasteiger partial charge on any atom is -0.378 e. The number of ether oxygens (including phenoxy) is 1. The molecular weight excluding hydrogens is 292 g/mol. The van der Waals surface area contributed by atoms with Gasteiger partial charge in [-0.25, -0.2) is 4.98 Å². The van der Waals surface area contributed by atoms with E-state index in [1.54, 1.807) is 6.20 Å². The number of nitrogens with one attached hydrogen (secondary N) is 1. The summed E-state index contributed by atoms with van der Waals surface area (Å²) in [4.78, 5) is 19.4. The average Bonchev–Trinajstić information content (AvgIpc) is 3.26. The molecule has 122 valence electrons. The van der Waals surface area contributed by atoms with Gasteiger partial charge in [0.1, 0.15) is 11.3 Å². The van der Waals surface area contributed by atoms with Crippen molar-refractivity contribution >= 4 is 11.6 Å². The second kappa shape index (κ2) is 5.94. The molecule has 0 saturated carbocycles. The lowest BCUT2D eigenvalue weighted by Crippen LogP contribution is -2.50. The van der Waals surface area contributed by atoms with Gasteiger partial charge in [0, 0.05) is 12.4 Å². The molecule has 4 heterocycles. The van der Waals surface area contributed by atoms with Gasteiger partial charge in [-0.05, 0) is 44.5 Å². The highest BCUT2D eigenvalue weighted by atomic mass is 16.5. The SMILES string of the molecule is Cc1ccc2nc(C(=O)N[C@H]3COC[C@@H]3N3CCCC3)cn2c1. The molecule has 0 aliphatic carbocycles. The summed E-state index contributed by atoms with van der Waals surface area (Å²) in [6, 6.07) is 4.27. The molecule has 2 atom stereocenters. The number of nitrogens with zero attached hydrogens (tertiary/aromatic N) is 3. The van der Waals surface area contributed by atoms with Crippen molar-refractivity contribution in [1.82, 2.24) is 19.6 Å². The number of rotatable bonds is 3. The number of pyridine rings is 1. The number of amides is 1. The molecule has 1 N–H and O–H groups in total. The fourth-order valence-electron chi connectivity index (χ4n) is 3.57. The third kappa shape index (κ3) is 2.84. The van der Waals surface area contributed by atoms with E-state index in [1.165, 1.54) is 12.8 Å². The van der Waals surface area contributed by atoms with Crippen molar-refractivity contribution in [3.63, 3.8) is 0 Å². The predicted octanol–water partition coefficient (Wildman–Crippen LogP) is 1.24. The molecule has 1 amide bonds. The highest BCUT2D eigenvalue weighted by molar-refractivity contribution is 5.93. The van der Waals surface area contributed by atoms with Crippen LogP contribution in [0, 0.1) is 6.92 Å². The number of hydrogen-bond donors (Lipinski definition) is 1. The lowest BCUT2D eigenvalue weighted by atomic mass is 10.1. The maximum atomic E-state index is 12.6. The van der Waals surface area contributed by atoms with Crippen LogP contribution in [0.2, 0.25) is 0 Å². The van der Waals surface area contributed by atoms with Crippen LogP contribution in [0.15, 0.2) is 24.5 Å². The Balaban J connectivity index is 1.49. The normalized spacial score (nSPS) is 25.3. The minimum atomic E-state index is -0.119. The van der Waals surface area contributed by atoms with E-state index in [-0.39, 0.29) is 11.9 Å². The van der Waals surface area contributed by atoms with Gasteiger partial charge in [0.05, 0.1) is 25.3 Å². The number of imidazole rings is 1. The summed E-state index contributed by atoms with van der Waals surface area (Å²) in [6.07, 6.45) is 6.25. The van der Waals surface area contributed by atoms with Gasteiger partial charge in [-0.15, -0.1) is 0 Å². The topological polar surface area (TPSA) is 58.9 Å². The van der Waals surface area contributed by atoms with Crippen LogP contribution in [0.4, 0.5) is 0 Å². The molecule has 2 aliphatic rings. The monoisotopic (exact) mass is 314 g/mol. The van der Waals surface area contributed by atoms with E-state index in [1.807, 2.05) is 29.7 Å². The quantitative estimate of drug-likeness (QED) is 0.926. The van der Waals surface area contributed by atoms with Crippen LogP contribution in [-0.4, -0.2) is 58.6 Å². The van der Waals surface area contributed by atoms with E-state index < -0.39 is 0 Å². The summed E-state index contributed by atoms with van der Waals surface area (Å²) in [5.41, 5.74) is 2.39. The molecule has 4 rings (SSSR count). The molecule has 2 saturated heterocycles. The van der Waals surface area contributed by atoms with Gasteiger partial charge in [0.15, 0.2) is 0 Å². The van der Waals surface area contributed by atoms with E-state index in [0.29, 0.717) is 24.9 Å². The first-order valence-corrected chi connectivity index (χ1v) is 8.29. The molecule has 6 heteroatoms. The predicted molar refractivity (Wildman–Crippen MR) is 86.6 cm³/mol. The average molecular weight is 314 g/mol. The Hall–Kier alpha value is -1.92. The van der Waals surface area contributed by atoms with E-state index in [0.717, 1.165) is 24.3 Å². The highest BCUT2D eigenvalue weighted by Crippen LogP contribution is 2.19. The summed E-state index contributed by atoms with van der Waals surface area (Å²) < 4.78 is 7.51. The molecule has 0 aromatic carbocycles. The van der Waals surface area contributed by atoms with Crippen LogP contribution in [0.25, 0.3) is 5.65 Å². The second-order valence-corrected chi connectivity index (χ2v) is 6.53. The molecule has 0 spiro atoms. The highest BCUT2D eigenvalue weighted by Gasteiger charge is 2.35. The summed E-state index contributed by atoms with van der Waals surface area (Å²) in [5, 5.41) is 3.12. The number of hydrogen-bond acceptors (Lipinski definition) is 4. The Morgan fingerprint density at radius 3 is 2.91 bits per heavy atom. The Morgan fingerprint density at radius 2 is 2.09 bits per heavy atom. The fraction of sp³-hybridized carbons (Fsp3) is 0.529. The van der Waals surface area contributed by atoms with Gasteiger partial charge in [0.2, 0.25) is 0 Å². The van der Waals surface area contributed by atoms with Gasteiger partial charge < -0.3 is 14.5 Å². The molecule has 2 aliphatic heterocycles. The lowest BCUT2D eigenvalue weighted by Gasteiger charge is -2.27. The third-order valence-electron chi connectivity index (χ3n) is 4.81. The molecule has 23 heavy (non-hydrogen) atoms. The van der Waals surface area contributed by atoms with Crippen molar-refractivity contribution in [1.29, 1.82) is 0 Å². The maximum Gasteiger partial charge on any atom is 0.271 e. The molecule has 2 aromatic heterocycles. The van der Waals surface area contributed by atoms with Gasteiger partial charge in [-0.1, -0.05) is 6.07 Å². The summed E-state index contributed by atoms with van der Waals surface area (Å²) in [7, 11) is 0. The van der Waals surface area contributed by atoms with Gasteiger partial charge in [-0.2, -0.15) is 0 Å². The first kappa shape index (κ1) is 14.7. The van der Waals surface area contributed by atoms with Crippen molar-refractivity contribution in [3.8, 4) is 0 Å². The largest absolute Gasteiger partial charge is 0.378 e. The van der Waals surface area contributed by atoms with Crippen LogP contribution in [0.3, 0.4) is 0 Å². The van der Waals surface area contributed by atoms with Crippen LogP contribution >= 0.6 is 0 Å². The van der Waals surface area contributed by atoms with Crippen LogP contribution < -0.4 is 5.32 Å². The lowest BCUT2D eigenvalue weighted by molar-refractivity contribution is 0.0912. The van der Waals surface area contributed by atoms with Crippen molar-refractivity contribution in [3.05, 3.63) is 35.8 Å². The standard InChI is InChI=1S/C17H22N4O2/c1-12-4-5-16-18-13(9-21(16)8-12)17(22)19-14-10-23-11-15(14)20-6-2-3-7-20/h4-5,8-9,14-15H,2-3,6-7,10-11H2,1H3,(H,19,22)/t14-,15-/m0/s1. The first-order valence-electron chi connectivity index (χ1n) is 8.29. The van der Waals surface area contributed by atoms with Crippen molar-refractivity contribution in [2.75, 3.05) is 26.3 Å². The number of likely N-dealkylation sites (tertiary alicyclic amines) is 1. The van der Waals surface area contributed by atoms with E-state index in [9.17, 15) is 4.79 Å². The molecule has 0 radical (unpaired) electrons. The fourth-order valence-corrected chi connectivity index (χ4v) is 3.57. The van der Waals surface area contributed by atoms with E-state index in [2.05, 4.69) is 15.2 Å². The molecular formula is C17H22N4O2. The van der Waals surface area contributed by atoms with Crippen molar-refractivity contribution in [2.24, 2.45) is 0 Å². The molecule has 0 bridgehead atoms. The molecule has 2 aromatic rings. The maximum absolute atomic E-state index is 12.6. The smallest absolute Gasteiger partial charge is 0.271 e. The van der Waals surface area contributed by atoms with Gasteiger partial charge >= 0.3 is 0 Å². The van der Waals surface area contributed by atoms with Gasteiger partial charge in [0.25, 0.3) is 5.91 Å². The zero-order valence-electron chi connectivity index (χ0n) is 13.4. The zero-order valence-corrected chi connectivity index (χ0v) is 13.4. The Morgan fingerprint density at radius 1 is 1.26 bits per heavy atom. The molecule has 6 nitrogen and oxygen atoms in total. The van der Waals surface area contributed by atoms with Crippen LogP contribution in [0.5, 0.6) is 0 Å². The Labute approximate surface area is 135 Å². The Bertz CT molecular complexity index is 720. The molecule has 2 fully saturated rings. The number of carbonyl (C=O) groups is 1. The summed E-state index contributed by atoms with van der Waals surface area (Å²) in [6.45, 7) is 5.52. The minimum absolute atomic E-state index is 0.0483. The number of carbonyl (C=O) groups excluding carboxylic acids is 1. The Kier molecular flexibility index (Phi) is 3.79. The van der Waals surface area contributed by atoms with Crippen LogP contribution in [0.1, 0.15) is 28.9 Å². The van der Waals surface area contributed by atoms with E-state index in [4.69, 9.17) is 4.74 Å². The van der Waals surface area contributed by atoms with Crippen LogP contribution in [-0.2, 0) is 4.74 Å². The number of fused-ring (bicyclic) bond motifs is 1. The van der Waals surface area contributed by atoms with Crippen molar-refractivity contribution in [2.45, 2.75) is 31.8 Å². The summed E-state index contributed by atoms with van der Waals surface area (Å²) in [5.74, 6) is -0.119. The third-order valence-corrected chi connectivity index (χ3v) is 4.81. The zero-order chi connectivity index (χ0) is 15.8. The summed E-state index contributed by atoms with van der Waals surface area (Å²) >= 11 is 0.